The summed E-state index contributed by atoms with van der Waals surface area (Å²) in [7, 11) is 0. The highest BCUT2D eigenvalue weighted by Crippen LogP contribution is 2.23. The molecule has 0 aliphatic rings. The highest BCUT2D eigenvalue weighted by Gasteiger charge is 2.16. The lowest BCUT2D eigenvalue weighted by Crippen LogP contribution is -2.09. The summed E-state index contributed by atoms with van der Waals surface area (Å²) in [5, 5.41) is 3.90. The monoisotopic (exact) mass is 221 g/mol. The molecule has 5 heteroatoms. The van der Waals surface area contributed by atoms with Crippen molar-refractivity contribution in [1.29, 1.82) is 0 Å². The summed E-state index contributed by atoms with van der Waals surface area (Å²) in [6.07, 6.45) is 3.43. The smallest absolute Gasteiger partial charge is 0.243 e. The maximum Gasteiger partial charge on any atom is 0.243 e. The van der Waals surface area contributed by atoms with Gasteiger partial charge in [-0.15, -0.1) is 0 Å². The Morgan fingerprint density at radius 2 is 2.31 bits per heavy atom. The Kier molecular flexibility index (Phi) is 3.05. The summed E-state index contributed by atoms with van der Waals surface area (Å²) in [6.45, 7) is 3.93. The highest BCUT2D eigenvalue weighted by atomic mass is 16.5. The van der Waals surface area contributed by atoms with E-state index >= 15 is 0 Å². The van der Waals surface area contributed by atoms with E-state index in [1.807, 2.05) is 13.0 Å². The molecule has 1 atom stereocenters. The zero-order valence-corrected chi connectivity index (χ0v) is 9.43. The van der Waals surface area contributed by atoms with E-state index < -0.39 is 0 Å². The van der Waals surface area contributed by atoms with Crippen LogP contribution >= 0.6 is 0 Å². The molecular weight excluding hydrogens is 206 g/mol. The van der Waals surface area contributed by atoms with E-state index in [4.69, 9.17) is 14.7 Å². The average Bonchev–Trinajstić information content (AvgIpc) is 2.86. The zero-order chi connectivity index (χ0) is 11.5. The molecule has 2 rings (SSSR count). The van der Waals surface area contributed by atoms with Crippen molar-refractivity contribution in [3.05, 3.63) is 24.0 Å². The topological polar surface area (TPSA) is 78.1 Å². The van der Waals surface area contributed by atoms with Crippen LogP contribution in [-0.4, -0.2) is 10.1 Å². The Bertz CT molecular complexity index is 461. The molecule has 0 aliphatic carbocycles. The molecule has 0 aliphatic heterocycles. The number of nitrogens with zero attached hydrogens (tertiary/aromatic N) is 2. The van der Waals surface area contributed by atoms with Gasteiger partial charge in [0.25, 0.3) is 0 Å². The fourth-order valence-corrected chi connectivity index (χ4v) is 1.55. The fraction of sp³-hybridized carbons (Fsp3) is 0.455. The molecule has 0 unspecified atom stereocenters. The summed E-state index contributed by atoms with van der Waals surface area (Å²) < 4.78 is 10.3. The number of rotatable bonds is 4. The second kappa shape index (κ2) is 4.49. The molecule has 2 aromatic heterocycles. The second-order valence-corrected chi connectivity index (χ2v) is 3.74. The Hall–Kier alpha value is -1.62. The first-order valence-electron chi connectivity index (χ1n) is 5.36. The molecule has 5 nitrogen and oxygen atoms in total. The fourth-order valence-electron chi connectivity index (χ4n) is 1.55. The molecule has 2 heterocycles. The molecule has 0 saturated heterocycles. The summed E-state index contributed by atoms with van der Waals surface area (Å²) in [5.41, 5.74) is 6.74. The minimum absolute atomic E-state index is 0.182. The first-order valence-corrected chi connectivity index (χ1v) is 5.36. The predicted octanol–water partition coefficient (Wildman–Crippen LogP) is 2.44. The van der Waals surface area contributed by atoms with Crippen LogP contribution < -0.4 is 5.73 Å². The van der Waals surface area contributed by atoms with Gasteiger partial charge in [0.2, 0.25) is 11.7 Å². The SMILES string of the molecule is CCC[C@@H](N)c1nc(-c2ccoc2C)no1. The molecule has 0 fully saturated rings. The Morgan fingerprint density at radius 3 is 2.94 bits per heavy atom. The molecule has 0 bridgehead atoms. The standard InChI is InChI=1S/C11H15N3O2/c1-3-4-9(12)11-13-10(14-16-11)8-5-6-15-7(8)2/h5-6,9H,3-4,12H2,1-2H3/t9-/m1/s1. The normalized spacial score (nSPS) is 12.9. The first kappa shape index (κ1) is 10.9. The van der Waals surface area contributed by atoms with Crippen LogP contribution in [0.1, 0.15) is 37.5 Å². The van der Waals surface area contributed by atoms with E-state index in [1.165, 1.54) is 0 Å². The van der Waals surface area contributed by atoms with Crippen molar-refractivity contribution in [3.8, 4) is 11.4 Å². The number of aromatic nitrogens is 2. The maximum atomic E-state index is 5.89. The minimum atomic E-state index is -0.182. The Morgan fingerprint density at radius 1 is 1.50 bits per heavy atom. The van der Waals surface area contributed by atoms with Gasteiger partial charge in [-0.25, -0.2) is 0 Å². The second-order valence-electron chi connectivity index (χ2n) is 3.74. The number of aryl methyl sites for hydroxylation is 1. The van der Waals surface area contributed by atoms with Crippen molar-refractivity contribution in [2.75, 3.05) is 0 Å². The summed E-state index contributed by atoms with van der Waals surface area (Å²) >= 11 is 0. The molecule has 2 N–H and O–H groups in total. The molecule has 0 amide bonds. The van der Waals surface area contributed by atoms with Crippen molar-refractivity contribution in [2.24, 2.45) is 5.73 Å². The van der Waals surface area contributed by atoms with Gasteiger partial charge in [-0.1, -0.05) is 18.5 Å². The molecule has 2 aromatic rings. The van der Waals surface area contributed by atoms with E-state index in [1.54, 1.807) is 6.26 Å². The largest absolute Gasteiger partial charge is 0.469 e. The zero-order valence-electron chi connectivity index (χ0n) is 9.43. The van der Waals surface area contributed by atoms with Crippen LogP contribution in [0.3, 0.4) is 0 Å². The molecule has 0 radical (unpaired) electrons. The summed E-state index contributed by atoms with van der Waals surface area (Å²) in [6, 6.07) is 1.63. The lowest BCUT2D eigenvalue weighted by Gasteiger charge is -2.01. The Labute approximate surface area is 93.6 Å². The quantitative estimate of drug-likeness (QED) is 0.857. The van der Waals surface area contributed by atoms with Crippen molar-refractivity contribution < 1.29 is 8.94 Å². The van der Waals surface area contributed by atoms with Crippen LogP contribution in [0, 0.1) is 6.92 Å². The number of nitrogens with two attached hydrogens (primary N) is 1. The van der Waals surface area contributed by atoms with Crippen LogP contribution in [0.5, 0.6) is 0 Å². The van der Waals surface area contributed by atoms with Crippen LogP contribution in [0.15, 0.2) is 21.3 Å². The molecule has 16 heavy (non-hydrogen) atoms. The van der Waals surface area contributed by atoms with E-state index in [0.717, 1.165) is 24.2 Å². The van der Waals surface area contributed by atoms with Gasteiger partial charge in [0, 0.05) is 0 Å². The third-order valence-corrected chi connectivity index (χ3v) is 2.46. The van der Waals surface area contributed by atoms with Gasteiger partial charge in [0.1, 0.15) is 5.76 Å². The molecular formula is C11H15N3O2. The minimum Gasteiger partial charge on any atom is -0.469 e. The van der Waals surface area contributed by atoms with Crippen LogP contribution in [-0.2, 0) is 0 Å². The number of furan rings is 1. The van der Waals surface area contributed by atoms with E-state index in [0.29, 0.717) is 11.7 Å². The highest BCUT2D eigenvalue weighted by molar-refractivity contribution is 5.56. The van der Waals surface area contributed by atoms with Gasteiger partial charge >= 0.3 is 0 Å². The van der Waals surface area contributed by atoms with Crippen molar-refractivity contribution >= 4 is 0 Å². The van der Waals surface area contributed by atoms with E-state index in [2.05, 4.69) is 17.1 Å². The number of hydrogen-bond donors (Lipinski definition) is 1. The lowest BCUT2D eigenvalue weighted by molar-refractivity contribution is 0.348. The first-order chi connectivity index (χ1) is 7.72. The van der Waals surface area contributed by atoms with Gasteiger partial charge in [-0.05, 0) is 19.4 Å². The van der Waals surface area contributed by atoms with Gasteiger partial charge in [-0.2, -0.15) is 4.98 Å². The lowest BCUT2D eigenvalue weighted by atomic mass is 10.2. The third kappa shape index (κ3) is 1.99. The van der Waals surface area contributed by atoms with Gasteiger partial charge < -0.3 is 14.7 Å². The van der Waals surface area contributed by atoms with E-state index in [9.17, 15) is 0 Å². The maximum absolute atomic E-state index is 5.89. The predicted molar refractivity (Wildman–Crippen MR) is 58.6 cm³/mol. The van der Waals surface area contributed by atoms with Crippen LogP contribution in [0.2, 0.25) is 0 Å². The van der Waals surface area contributed by atoms with E-state index in [-0.39, 0.29) is 6.04 Å². The Balaban J connectivity index is 2.23. The van der Waals surface area contributed by atoms with Crippen molar-refractivity contribution in [1.82, 2.24) is 10.1 Å². The van der Waals surface area contributed by atoms with Crippen LogP contribution in [0.25, 0.3) is 11.4 Å². The van der Waals surface area contributed by atoms with Gasteiger partial charge in [0.15, 0.2) is 0 Å². The third-order valence-electron chi connectivity index (χ3n) is 2.46. The van der Waals surface area contributed by atoms with Gasteiger partial charge in [-0.3, -0.25) is 0 Å². The summed E-state index contributed by atoms with van der Waals surface area (Å²) in [5.74, 6) is 1.79. The molecule has 0 aromatic carbocycles. The summed E-state index contributed by atoms with van der Waals surface area (Å²) in [4.78, 5) is 4.27. The molecule has 0 saturated carbocycles. The molecule has 86 valence electrons. The van der Waals surface area contributed by atoms with Gasteiger partial charge in [0.05, 0.1) is 17.9 Å². The van der Waals surface area contributed by atoms with Crippen molar-refractivity contribution in [2.45, 2.75) is 32.7 Å². The molecule has 0 spiro atoms. The average molecular weight is 221 g/mol. The van der Waals surface area contributed by atoms with Crippen LogP contribution in [0.4, 0.5) is 0 Å². The van der Waals surface area contributed by atoms with Crippen molar-refractivity contribution in [3.63, 3.8) is 0 Å². The number of hydrogen-bond acceptors (Lipinski definition) is 5.